The van der Waals surface area contributed by atoms with Gasteiger partial charge in [0.1, 0.15) is 5.00 Å². The number of carbonyl (C=O) groups is 1. The second kappa shape index (κ2) is 5.85. The maximum atomic E-state index is 10.7. The molecule has 0 aromatic carbocycles. The summed E-state index contributed by atoms with van der Waals surface area (Å²) in [6.07, 6.45) is 0. The molecule has 15 heavy (non-hydrogen) atoms. The molecule has 1 aromatic rings. The number of hydrogen-bond acceptors (Lipinski definition) is 3. The number of hydrogen-bond donors (Lipinski definition) is 1. The molecular formula is C11H22N2OS. The summed E-state index contributed by atoms with van der Waals surface area (Å²) in [6, 6.07) is 1.92. The van der Waals surface area contributed by atoms with E-state index in [1.54, 1.807) is 0 Å². The Bertz CT molecular complexity index is 318. The van der Waals surface area contributed by atoms with Crippen molar-refractivity contribution in [1.82, 2.24) is 4.37 Å². The van der Waals surface area contributed by atoms with Gasteiger partial charge in [0, 0.05) is 13.8 Å². The number of aromatic nitrogens is 1. The highest BCUT2D eigenvalue weighted by atomic mass is 32.1. The first-order chi connectivity index (χ1) is 6.89. The monoisotopic (exact) mass is 230 g/mol. The second-order valence-electron chi connectivity index (χ2n) is 4.01. The van der Waals surface area contributed by atoms with Crippen LogP contribution < -0.4 is 5.32 Å². The third-order valence-corrected chi connectivity index (χ3v) is 2.28. The van der Waals surface area contributed by atoms with E-state index in [0.717, 1.165) is 10.7 Å². The molecular weight excluding hydrogens is 208 g/mol. The number of carbonyl (C=O) groups excluding carboxylic acids is 1. The molecule has 88 valence electrons. The van der Waals surface area contributed by atoms with Crippen LogP contribution in [0, 0.1) is 0 Å². The van der Waals surface area contributed by atoms with Gasteiger partial charge in [0.05, 0.1) is 5.69 Å². The Balaban J connectivity index is 0. The van der Waals surface area contributed by atoms with Crippen LogP contribution in [0.25, 0.3) is 0 Å². The van der Waals surface area contributed by atoms with E-state index in [4.69, 9.17) is 0 Å². The largest absolute Gasteiger partial charge is 0.317 e. The predicted octanol–water partition coefficient (Wildman–Crippen LogP) is 3.67. The van der Waals surface area contributed by atoms with Crippen LogP contribution in [-0.4, -0.2) is 10.3 Å². The first-order valence-electron chi connectivity index (χ1n) is 5.14. The molecule has 0 atom stereocenters. The average Bonchev–Trinajstić information content (AvgIpc) is 2.54. The molecule has 1 N–H and O–H groups in total. The summed E-state index contributed by atoms with van der Waals surface area (Å²) in [5, 5.41) is 3.53. The molecule has 0 saturated heterocycles. The highest BCUT2D eigenvalue weighted by Crippen LogP contribution is 2.26. The van der Waals surface area contributed by atoms with E-state index in [1.807, 2.05) is 19.9 Å². The Hall–Kier alpha value is -0.900. The summed E-state index contributed by atoms with van der Waals surface area (Å²) >= 11 is 1.32. The molecule has 3 nitrogen and oxygen atoms in total. The maximum Gasteiger partial charge on any atom is 0.221 e. The summed E-state index contributed by atoms with van der Waals surface area (Å²) in [7, 11) is 0. The number of amides is 1. The minimum absolute atomic E-state index is 0. The van der Waals surface area contributed by atoms with Crippen LogP contribution >= 0.6 is 11.5 Å². The Morgan fingerprint density at radius 3 is 2.33 bits per heavy atom. The molecule has 0 aliphatic rings. The van der Waals surface area contributed by atoms with Gasteiger partial charge < -0.3 is 5.32 Å². The third kappa shape index (κ3) is 4.93. The lowest BCUT2D eigenvalue weighted by Crippen LogP contribution is -2.11. The number of rotatable bonds is 1. The fourth-order valence-electron chi connectivity index (χ4n) is 0.861. The van der Waals surface area contributed by atoms with Crippen molar-refractivity contribution >= 4 is 22.4 Å². The van der Waals surface area contributed by atoms with Crippen LogP contribution in [0.1, 0.15) is 48.7 Å². The zero-order valence-electron chi connectivity index (χ0n) is 10.3. The summed E-state index contributed by atoms with van der Waals surface area (Å²) in [5.74, 6) is -0.0518. The fraction of sp³-hybridized carbons (Fsp3) is 0.636. The van der Waals surface area contributed by atoms with Crippen LogP contribution in [0.3, 0.4) is 0 Å². The number of nitrogens with zero attached hydrogens (tertiary/aromatic N) is 1. The SMILES string of the molecule is CC.CC(=O)Nc1cc(C(C)(C)C)ns1.[HH]. The molecule has 0 aliphatic carbocycles. The van der Waals surface area contributed by atoms with Crippen LogP contribution in [0.2, 0.25) is 0 Å². The van der Waals surface area contributed by atoms with E-state index in [-0.39, 0.29) is 12.7 Å². The topological polar surface area (TPSA) is 42.0 Å². The second-order valence-corrected chi connectivity index (χ2v) is 4.81. The molecule has 1 rings (SSSR count). The third-order valence-electron chi connectivity index (χ3n) is 1.58. The van der Waals surface area contributed by atoms with Gasteiger partial charge in [-0.05, 0) is 17.6 Å². The fourth-order valence-corrected chi connectivity index (χ4v) is 1.74. The Kier molecular flexibility index (Phi) is 5.50. The van der Waals surface area contributed by atoms with Crippen molar-refractivity contribution < 1.29 is 6.22 Å². The van der Waals surface area contributed by atoms with Crippen LogP contribution in [0.15, 0.2) is 6.07 Å². The maximum absolute atomic E-state index is 10.7. The zero-order valence-corrected chi connectivity index (χ0v) is 11.2. The molecule has 0 bridgehead atoms. The quantitative estimate of drug-likeness (QED) is 0.799. The van der Waals surface area contributed by atoms with Gasteiger partial charge in [-0.15, -0.1) is 0 Å². The van der Waals surface area contributed by atoms with Crippen LogP contribution in [-0.2, 0) is 10.2 Å². The van der Waals surface area contributed by atoms with E-state index in [0.29, 0.717) is 0 Å². The lowest BCUT2D eigenvalue weighted by atomic mass is 9.92. The smallest absolute Gasteiger partial charge is 0.221 e. The summed E-state index contributed by atoms with van der Waals surface area (Å²) in [4.78, 5) is 10.7. The highest BCUT2D eigenvalue weighted by molar-refractivity contribution is 7.10. The Labute approximate surface area is 97.6 Å². The lowest BCUT2D eigenvalue weighted by molar-refractivity contribution is -0.114. The van der Waals surface area contributed by atoms with E-state index >= 15 is 0 Å². The molecule has 1 heterocycles. The first kappa shape index (κ1) is 14.1. The average molecular weight is 230 g/mol. The van der Waals surface area contributed by atoms with E-state index in [1.165, 1.54) is 18.5 Å². The first-order valence-corrected chi connectivity index (χ1v) is 5.92. The highest BCUT2D eigenvalue weighted by Gasteiger charge is 2.17. The van der Waals surface area contributed by atoms with Crippen molar-refractivity contribution in [1.29, 1.82) is 0 Å². The summed E-state index contributed by atoms with van der Waals surface area (Å²) < 4.78 is 4.27. The normalized spacial score (nSPS) is 10.3. The van der Waals surface area contributed by atoms with E-state index in [9.17, 15) is 4.79 Å². The van der Waals surface area contributed by atoms with Gasteiger partial charge in [-0.25, -0.2) is 0 Å². The number of nitrogens with one attached hydrogen (secondary N) is 1. The lowest BCUT2D eigenvalue weighted by Gasteiger charge is -2.13. The summed E-state index contributed by atoms with van der Waals surface area (Å²) in [5.41, 5.74) is 1.06. The van der Waals surface area contributed by atoms with Crippen LogP contribution in [0.4, 0.5) is 5.00 Å². The molecule has 1 aromatic heterocycles. The van der Waals surface area contributed by atoms with Gasteiger partial charge in [0.2, 0.25) is 5.91 Å². The van der Waals surface area contributed by atoms with Gasteiger partial charge in [-0.3, -0.25) is 4.79 Å². The van der Waals surface area contributed by atoms with Crippen LogP contribution in [0.5, 0.6) is 0 Å². The van der Waals surface area contributed by atoms with Gasteiger partial charge in [-0.1, -0.05) is 34.6 Å². The molecule has 1 amide bonds. The molecule has 0 saturated carbocycles. The van der Waals surface area contributed by atoms with Crippen molar-refractivity contribution in [3.05, 3.63) is 11.8 Å². The molecule has 0 spiro atoms. The van der Waals surface area contributed by atoms with Crippen molar-refractivity contribution in [3.63, 3.8) is 0 Å². The van der Waals surface area contributed by atoms with Crippen molar-refractivity contribution in [2.24, 2.45) is 0 Å². The molecule has 0 fully saturated rings. The van der Waals surface area contributed by atoms with Gasteiger partial charge in [0.15, 0.2) is 0 Å². The molecule has 0 radical (unpaired) electrons. The molecule has 0 unspecified atom stereocenters. The zero-order chi connectivity index (χ0) is 12.1. The van der Waals surface area contributed by atoms with Crippen molar-refractivity contribution in [3.8, 4) is 0 Å². The molecule has 0 aliphatic heterocycles. The van der Waals surface area contributed by atoms with Crippen molar-refractivity contribution in [2.75, 3.05) is 5.32 Å². The van der Waals surface area contributed by atoms with Gasteiger partial charge >= 0.3 is 0 Å². The van der Waals surface area contributed by atoms with E-state index < -0.39 is 0 Å². The van der Waals surface area contributed by atoms with Gasteiger partial charge in [0.25, 0.3) is 0 Å². The summed E-state index contributed by atoms with van der Waals surface area (Å²) in [6.45, 7) is 11.8. The van der Waals surface area contributed by atoms with Crippen molar-refractivity contribution in [2.45, 2.75) is 47.0 Å². The van der Waals surface area contributed by atoms with E-state index in [2.05, 4.69) is 30.5 Å². The standard InChI is InChI=1S/C9H14N2OS.C2H6.H2/c1-6(12)10-8-5-7(11-13-8)9(2,3)4;1-2;/h5H,1-4H3,(H,10,12);1-2H3;1H. The predicted molar refractivity (Wildman–Crippen MR) is 68.6 cm³/mol. The Morgan fingerprint density at radius 1 is 1.47 bits per heavy atom. The minimum Gasteiger partial charge on any atom is -0.317 e. The molecule has 4 heteroatoms. The van der Waals surface area contributed by atoms with Gasteiger partial charge in [-0.2, -0.15) is 4.37 Å². The Morgan fingerprint density at radius 2 is 2.00 bits per heavy atom. The number of anilines is 1. The minimum atomic E-state index is -0.0518.